The van der Waals surface area contributed by atoms with Crippen LogP contribution in [0.15, 0.2) is 28.7 Å². The molecule has 0 bridgehead atoms. The largest absolute Gasteiger partial charge is 0.479 e. The molecule has 1 aromatic carbocycles. The van der Waals surface area contributed by atoms with Gasteiger partial charge in [0.1, 0.15) is 11.5 Å². The molecule has 0 saturated heterocycles. The molecule has 188 valence electrons. The maximum atomic E-state index is 13.3. The number of carboxylic acid groups (broad SMARTS) is 1. The van der Waals surface area contributed by atoms with Crippen LogP contribution in [0, 0.1) is 6.92 Å². The van der Waals surface area contributed by atoms with Gasteiger partial charge >= 0.3 is 12.1 Å². The minimum atomic E-state index is -4.52. The molecule has 0 radical (unpaired) electrons. The standard InChI is InChI=1S/C24H30F3NO6/c1-3-11-31-21(23(29)30)14-33-17-8-6-7-16(12-17)32-13-20-15(2)34-22(28-20)18-9-4-5-10-19(18)24(25,26)27/h4-5,9-10,16-17,21H,3,6-8,11-14H2,1-2H3,(H,29,30)/t16-,17+,21?/m0/s1. The van der Waals surface area contributed by atoms with E-state index in [9.17, 15) is 23.1 Å². The lowest BCUT2D eigenvalue weighted by molar-refractivity contribution is -0.157. The van der Waals surface area contributed by atoms with Crippen molar-refractivity contribution in [3.63, 3.8) is 0 Å². The Kier molecular flexibility index (Phi) is 9.10. The van der Waals surface area contributed by atoms with Crippen LogP contribution in [-0.2, 0) is 31.8 Å². The van der Waals surface area contributed by atoms with Gasteiger partial charge in [-0.25, -0.2) is 9.78 Å². The van der Waals surface area contributed by atoms with E-state index in [0.29, 0.717) is 30.9 Å². The number of oxazole rings is 1. The minimum absolute atomic E-state index is 0.0307. The fraction of sp³-hybridized carbons (Fsp3) is 0.583. The number of carbonyl (C=O) groups is 1. The van der Waals surface area contributed by atoms with Crippen molar-refractivity contribution >= 4 is 5.97 Å². The van der Waals surface area contributed by atoms with Crippen molar-refractivity contribution in [1.82, 2.24) is 4.98 Å². The molecule has 10 heteroatoms. The molecule has 1 unspecified atom stereocenters. The summed E-state index contributed by atoms with van der Waals surface area (Å²) in [7, 11) is 0. The molecule has 1 aromatic heterocycles. The van der Waals surface area contributed by atoms with Gasteiger partial charge in [0.05, 0.1) is 31.0 Å². The van der Waals surface area contributed by atoms with Crippen molar-refractivity contribution in [3.05, 3.63) is 41.3 Å². The van der Waals surface area contributed by atoms with Crippen LogP contribution in [0.3, 0.4) is 0 Å². The number of aromatic nitrogens is 1. The number of carboxylic acids is 1. The van der Waals surface area contributed by atoms with E-state index in [4.69, 9.17) is 18.6 Å². The second-order valence-corrected chi connectivity index (χ2v) is 8.32. The number of rotatable bonds is 11. The molecule has 3 rings (SSSR count). The molecule has 1 fully saturated rings. The summed E-state index contributed by atoms with van der Waals surface area (Å²) in [5, 5.41) is 9.26. The smallest absolute Gasteiger partial charge is 0.417 e. The summed E-state index contributed by atoms with van der Waals surface area (Å²) >= 11 is 0. The Morgan fingerprint density at radius 2 is 1.94 bits per heavy atom. The molecule has 0 amide bonds. The van der Waals surface area contributed by atoms with Gasteiger partial charge in [-0.3, -0.25) is 0 Å². The summed E-state index contributed by atoms with van der Waals surface area (Å²) < 4.78 is 62.6. The van der Waals surface area contributed by atoms with Crippen LogP contribution in [0.2, 0.25) is 0 Å². The molecule has 3 atom stereocenters. The highest BCUT2D eigenvalue weighted by molar-refractivity contribution is 5.72. The second-order valence-electron chi connectivity index (χ2n) is 8.32. The van der Waals surface area contributed by atoms with E-state index < -0.39 is 23.8 Å². The third kappa shape index (κ3) is 7.04. The summed E-state index contributed by atoms with van der Waals surface area (Å²) in [5.74, 6) is -0.755. The summed E-state index contributed by atoms with van der Waals surface area (Å²) in [6.07, 6.45) is -2.07. The summed E-state index contributed by atoms with van der Waals surface area (Å²) in [4.78, 5) is 15.6. The number of benzene rings is 1. The molecule has 1 saturated carbocycles. The summed E-state index contributed by atoms with van der Waals surface area (Å²) in [6, 6.07) is 5.15. The van der Waals surface area contributed by atoms with Crippen molar-refractivity contribution in [3.8, 4) is 11.5 Å². The molecule has 7 nitrogen and oxygen atoms in total. The average Bonchev–Trinajstić information content (AvgIpc) is 3.17. The van der Waals surface area contributed by atoms with Gasteiger partial charge in [-0.05, 0) is 51.2 Å². The summed E-state index contributed by atoms with van der Waals surface area (Å²) in [5.41, 5.74) is -0.485. The molecule has 0 aliphatic heterocycles. The average molecular weight is 485 g/mol. The van der Waals surface area contributed by atoms with E-state index in [1.54, 1.807) is 6.92 Å². The first-order valence-corrected chi connectivity index (χ1v) is 11.4. The number of alkyl halides is 3. The zero-order valence-electron chi connectivity index (χ0n) is 19.3. The van der Waals surface area contributed by atoms with E-state index in [-0.39, 0.29) is 36.9 Å². The number of aryl methyl sites for hydroxylation is 1. The third-order valence-corrected chi connectivity index (χ3v) is 5.67. The van der Waals surface area contributed by atoms with Gasteiger partial charge in [0, 0.05) is 12.2 Å². The Labute approximate surface area is 196 Å². The normalized spacial score (nSPS) is 19.8. The molecule has 0 spiro atoms. The Morgan fingerprint density at radius 1 is 1.24 bits per heavy atom. The van der Waals surface area contributed by atoms with Crippen LogP contribution in [0.4, 0.5) is 13.2 Å². The lowest BCUT2D eigenvalue weighted by Crippen LogP contribution is -2.34. The van der Waals surface area contributed by atoms with Crippen molar-refractivity contribution in [2.24, 2.45) is 0 Å². The number of nitrogens with zero attached hydrogens (tertiary/aromatic N) is 1. The number of hydrogen-bond acceptors (Lipinski definition) is 6. The van der Waals surface area contributed by atoms with Gasteiger partial charge in [-0.1, -0.05) is 19.1 Å². The van der Waals surface area contributed by atoms with E-state index in [1.807, 2.05) is 6.92 Å². The van der Waals surface area contributed by atoms with Gasteiger partial charge in [0.15, 0.2) is 6.10 Å². The SMILES string of the molecule is CCCOC(CO[C@@H]1CCC[C@H](OCc2nc(-c3ccccc3C(F)(F)F)oc2C)C1)C(=O)O. The molecule has 34 heavy (non-hydrogen) atoms. The van der Waals surface area contributed by atoms with Gasteiger partial charge in [0.25, 0.3) is 0 Å². The lowest BCUT2D eigenvalue weighted by atomic mass is 9.95. The number of hydrogen-bond donors (Lipinski definition) is 1. The maximum Gasteiger partial charge on any atom is 0.417 e. The van der Waals surface area contributed by atoms with Crippen molar-refractivity contribution in [2.75, 3.05) is 13.2 Å². The van der Waals surface area contributed by atoms with Crippen molar-refractivity contribution in [2.45, 2.75) is 77.0 Å². The van der Waals surface area contributed by atoms with Crippen LogP contribution in [0.5, 0.6) is 0 Å². The first kappa shape index (κ1) is 26.2. The Balaban J connectivity index is 1.57. The number of aliphatic carboxylic acids is 1. The topological polar surface area (TPSA) is 91.0 Å². The van der Waals surface area contributed by atoms with E-state index >= 15 is 0 Å². The lowest BCUT2D eigenvalue weighted by Gasteiger charge is -2.29. The Hall–Kier alpha value is -2.43. The van der Waals surface area contributed by atoms with E-state index in [0.717, 1.165) is 25.3 Å². The van der Waals surface area contributed by atoms with Crippen LogP contribution in [-0.4, -0.2) is 47.6 Å². The highest BCUT2D eigenvalue weighted by Gasteiger charge is 2.35. The summed E-state index contributed by atoms with van der Waals surface area (Å²) in [6.45, 7) is 3.95. The first-order chi connectivity index (χ1) is 16.2. The number of halogens is 3. The highest BCUT2D eigenvalue weighted by atomic mass is 19.4. The minimum Gasteiger partial charge on any atom is -0.479 e. The van der Waals surface area contributed by atoms with Gasteiger partial charge < -0.3 is 23.7 Å². The van der Waals surface area contributed by atoms with Gasteiger partial charge in [0.2, 0.25) is 5.89 Å². The highest BCUT2D eigenvalue weighted by Crippen LogP contribution is 2.37. The second kappa shape index (κ2) is 11.8. The quantitative estimate of drug-likeness (QED) is 0.456. The first-order valence-electron chi connectivity index (χ1n) is 11.4. The van der Waals surface area contributed by atoms with Gasteiger partial charge in [-0.15, -0.1) is 0 Å². The zero-order chi connectivity index (χ0) is 24.7. The molecule has 1 aliphatic carbocycles. The van der Waals surface area contributed by atoms with Crippen LogP contribution < -0.4 is 0 Å². The van der Waals surface area contributed by atoms with Crippen LogP contribution >= 0.6 is 0 Å². The fourth-order valence-corrected chi connectivity index (χ4v) is 3.87. The Morgan fingerprint density at radius 3 is 2.62 bits per heavy atom. The predicted molar refractivity (Wildman–Crippen MR) is 116 cm³/mol. The molecular weight excluding hydrogens is 455 g/mol. The van der Waals surface area contributed by atoms with Crippen LogP contribution in [0.1, 0.15) is 56.0 Å². The molecule has 1 aliphatic rings. The van der Waals surface area contributed by atoms with Crippen molar-refractivity contribution in [1.29, 1.82) is 0 Å². The number of ether oxygens (including phenoxy) is 3. The fourth-order valence-electron chi connectivity index (χ4n) is 3.87. The third-order valence-electron chi connectivity index (χ3n) is 5.67. The zero-order valence-corrected chi connectivity index (χ0v) is 19.3. The molecular formula is C24H30F3NO6. The van der Waals surface area contributed by atoms with Gasteiger partial charge in [-0.2, -0.15) is 13.2 Å². The molecule has 2 aromatic rings. The monoisotopic (exact) mass is 485 g/mol. The molecule has 1 heterocycles. The van der Waals surface area contributed by atoms with E-state index in [1.165, 1.54) is 18.2 Å². The maximum absolute atomic E-state index is 13.3. The Bertz CT molecular complexity index is 945. The predicted octanol–water partition coefficient (Wildman–Crippen LogP) is 5.39. The van der Waals surface area contributed by atoms with Crippen LogP contribution in [0.25, 0.3) is 11.5 Å². The molecule has 1 N–H and O–H groups in total. The van der Waals surface area contributed by atoms with E-state index in [2.05, 4.69) is 4.98 Å². The van der Waals surface area contributed by atoms with Crippen molar-refractivity contribution < 1.29 is 41.7 Å².